The molecule has 3 heterocycles. The Morgan fingerprint density at radius 2 is 1.88 bits per heavy atom. The Bertz CT molecular complexity index is 1030. The summed E-state index contributed by atoms with van der Waals surface area (Å²) >= 11 is 0. The number of ether oxygens (including phenoxy) is 1. The lowest BCUT2D eigenvalue weighted by Crippen LogP contribution is -2.45. The summed E-state index contributed by atoms with van der Waals surface area (Å²) in [4.78, 5) is 29.2. The van der Waals surface area contributed by atoms with E-state index in [-0.39, 0.29) is 17.9 Å². The number of hydrogen-bond acceptors (Lipinski definition) is 4. The standard InChI is InChI=1S/C26H38N4O3/c1-18-6-7-22-20(16-18)21-17-28(5)12-10-23(21)30(22)15-11-27-24(31)19-8-13-29(14-9-19)25(32)33-26(2,3)4/h6-7,16,19H,8-15,17H2,1-5H3,(H,27,31). The van der Waals surface area contributed by atoms with Crippen molar-refractivity contribution in [2.75, 3.05) is 33.2 Å². The van der Waals surface area contributed by atoms with Gasteiger partial charge in [-0.15, -0.1) is 0 Å². The minimum Gasteiger partial charge on any atom is -0.444 e. The number of rotatable bonds is 4. The van der Waals surface area contributed by atoms with Crippen molar-refractivity contribution < 1.29 is 14.3 Å². The highest BCUT2D eigenvalue weighted by Gasteiger charge is 2.30. The van der Waals surface area contributed by atoms with Crippen LogP contribution in [0.2, 0.25) is 0 Å². The van der Waals surface area contributed by atoms with Crippen LogP contribution in [-0.4, -0.2) is 65.2 Å². The smallest absolute Gasteiger partial charge is 0.410 e. The van der Waals surface area contributed by atoms with Gasteiger partial charge in [-0.05, 0) is 65.3 Å². The molecule has 4 rings (SSSR count). The van der Waals surface area contributed by atoms with Crippen LogP contribution in [0.25, 0.3) is 10.9 Å². The molecule has 1 aromatic heterocycles. The van der Waals surface area contributed by atoms with Crippen LogP contribution in [0.1, 0.15) is 50.4 Å². The van der Waals surface area contributed by atoms with Gasteiger partial charge in [0.05, 0.1) is 0 Å². The number of nitrogens with zero attached hydrogens (tertiary/aromatic N) is 3. The van der Waals surface area contributed by atoms with Crippen LogP contribution in [0, 0.1) is 12.8 Å². The van der Waals surface area contributed by atoms with Crippen molar-refractivity contribution in [3.05, 3.63) is 35.0 Å². The fraction of sp³-hybridized carbons (Fsp3) is 0.615. The van der Waals surface area contributed by atoms with E-state index in [9.17, 15) is 9.59 Å². The Morgan fingerprint density at radius 3 is 2.58 bits per heavy atom. The van der Waals surface area contributed by atoms with Crippen LogP contribution in [0.5, 0.6) is 0 Å². The number of carbonyl (C=O) groups is 2. The zero-order valence-corrected chi connectivity index (χ0v) is 20.7. The zero-order valence-electron chi connectivity index (χ0n) is 20.7. The number of carbonyl (C=O) groups excluding carboxylic acids is 2. The summed E-state index contributed by atoms with van der Waals surface area (Å²) in [5, 5.41) is 4.50. The third-order valence-corrected chi connectivity index (χ3v) is 6.75. The number of nitrogens with one attached hydrogen (secondary N) is 1. The van der Waals surface area contributed by atoms with Crippen LogP contribution in [-0.2, 0) is 29.0 Å². The van der Waals surface area contributed by atoms with Gasteiger partial charge >= 0.3 is 6.09 Å². The summed E-state index contributed by atoms with van der Waals surface area (Å²) in [5.74, 6) is 0.0510. The van der Waals surface area contributed by atoms with Crippen molar-refractivity contribution >= 4 is 22.9 Å². The van der Waals surface area contributed by atoms with Crippen LogP contribution >= 0.6 is 0 Å². The second kappa shape index (κ2) is 9.37. The Hall–Kier alpha value is -2.54. The maximum atomic E-state index is 12.8. The molecule has 2 aliphatic heterocycles. The molecule has 2 aromatic rings. The minimum absolute atomic E-state index is 0.0460. The zero-order chi connectivity index (χ0) is 23.8. The van der Waals surface area contributed by atoms with E-state index in [4.69, 9.17) is 4.74 Å². The lowest BCUT2D eigenvalue weighted by atomic mass is 9.96. The molecule has 7 nitrogen and oxygen atoms in total. The molecule has 7 heteroatoms. The molecule has 180 valence electrons. The number of piperidine rings is 1. The maximum absolute atomic E-state index is 12.8. The predicted octanol–water partition coefficient (Wildman–Crippen LogP) is 3.70. The third kappa shape index (κ3) is 5.35. The summed E-state index contributed by atoms with van der Waals surface area (Å²) in [7, 11) is 2.18. The SMILES string of the molecule is Cc1ccc2c(c1)c1c(n2CCNC(=O)C2CCN(C(=O)OC(C)(C)C)CC2)CCN(C)C1. The van der Waals surface area contributed by atoms with E-state index >= 15 is 0 Å². The lowest BCUT2D eigenvalue weighted by Gasteiger charge is -2.33. The van der Waals surface area contributed by atoms with Crippen LogP contribution in [0.15, 0.2) is 18.2 Å². The van der Waals surface area contributed by atoms with E-state index in [0.29, 0.717) is 32.5 Å². The normalized spacial score (nSPS) is 17.8. The number of amides is 2. The highest BCUT2D eigenvalue weighted by atomic mass is 16.6. The second-order valence-corrected chi connectivity index (χ2v) is 10.6. The molecular formula is C26H38N4O3. The quantitative estimate of drug-likeness (QED) is 0.765. The molecule has 1 saturated heterocycles. The number of aromatic nitrogens is 1. The average Bonchev–Trinajstić information content (AvgIpc) is 3.05. The first-order chi connectivity index (χ1) is 15.6. The number of benzene rings is 1. The predicted molar refractivity (Wildman–Crippen MR) is 130 cm³/mol. The van der Waals surface area contributed by atoms with E-state index in [1.54, 1.807) is 4.90 Å². The number of likely N-dealkylation sites (tertiary alicyclic amines) is 1. The Labute approximate surface area is 197 Å². The van der Waals surface area contributed by atoms with Crippen molar-refractivity contribution in [1.82, 2.24) is 19.7 Å². The Morgan fingerprint density at radius 1 is 1.15 bits per heavy atom. The van der Waals surface area contributed by atoms with Gasteiger partial charge in [-0.25, -0.2) is 4.79 Å². The summed E-state index contributed by atoms with van der Waals surface area (Å²) in [6.07, 6.45) is 2.11. The second-order valence-electron chi connectivity index (χ2n) is 10.6. The first kappa shape index (κ1) is 23.6. The fourth-order valence-corrected chi connectivity index (χ4v) is 5.04. The van der Waals surface area contributed by atoms with Gasteiger partial charge in [0, 0.05) is 68.2 Å². The fourth-order valence-electron chi connectivity index (χ4n) is 5.04. The summed E-state index contributed by atoms with van der Waals surface area (Å²) < 4.78 is 7.86. The number of fused-ring (bicyclic) bond motifs is 3. The summed E-state index contributed by atoms with van der Waals surface area (Å²) in [6, 6.07) is 6.68. The molecule has 0 unspecified atom stereocenters. The third-order valence-electron chi connectivity index (χ3n) is 6.75. The van der Waals surface area contributed by atoms with Gasteiger partial charge in [-0.1, -0.05) is 11.6 Å². The molecule has 0 saturated carbocycles. The van der Waals surface area contributed by atoms with Gasteiger partial charge in [0.25, 0.3) is 0 Å². The van der Waals surface area contributed by atoms with Gasteiger partial charge in [-0.2, -0.15) is 0 Å². The van der Waals surface area contributed by atoms with E-state index < -0.39 is 5.60 Å². The maximum Gasteiger partial charge on any atom is 0.410 e. The molecule has 2 aliphatic rings. The molecule has 33 heavy (non-hydrogen) atoms. The van der Waals surface area contributed by atoms with E-state index in [0.717, 1.165) is 26.1 Å². The first-order valence-corrected chi connectivity index (χ1v) is 12.2. The monoisotopic (exact) mass is 454 g/mol. The highest BCUT2D eigenvalue weighted by Crippen LogP contribution is 2.31. The average molecular weight is 455 g/mol. The largest absolute Gasteiger partial charge is 0.444 e. The van der Waals surface area contributed by atoms with Gasteiger partial charge in [-0.3, -0.25) is 4.79 Å². The van der Waals surface area contributed by atoms with Crippen molar-refractivity contribution in [3.63, 3.8) is 0 Å². The number of likely N-dealkylation sites (N-methyl/N-ethyl adjacent to an activating group) is 1. The van der Waals surface area contributed by atoms with Crippen LogP contribution < -0.4 is 5.32 Å². The van der Waals surface area contributed by atoms with Gasteiger partial charge in [0.15, 0.2) is 0 Å². The Kier molecular flexibility index (Phi) is 6.71. The molecule has 0 atom stereocenters. The number of aryl methyl sites for hydroxylation is 1. The first-order valence-electron chi connectivity index (χ1n) is 12.2. The summed E-state index contributed by atoms with van der Waals surface area (Å²) in [5.41, 5.74) is 4.89. The molecule has 2 amide bonds. The van der Waals surface area contributed by atoms with E-state index in [2.05, 4.69) is 47.0 Å². The molecule has 0 spiro atoms. The van der Waals surface area contributed by atoms with Crippen molar-refractivity contribution in [2.45, 2.75) is 65.6 Å². The van der Waals surface area contributed by atoms with Crippen molar-refractivity contribution in [3.8, 4) is 0 Å². The van der Waals surface area contributed by atoms with Crippen LogP contribution in [0.4, 0.5) is 4.79 Å². The van der Waals surface area contributed by atoms with Gasteiger partial charge in [0.1, 0.15) is 5.60 Å². The molecule has 0 bridgehead atoms. The van der Waals surface area contributed by atoms with Crippen LogP contribution in [0.3, 0.4) is 0 Å². The molecule has 0 radical (unpaired) electrons. The van der Waals surface area contributed by atoms with Gasteiger partial charge in [0.2, 0.25) is 5.91 Å². The van der Waals surface area contributed by atoms with Crippen molar-refractivity contribution in [2.24, 2.45) is 5.92 Å². The lowest BCUT2D eigenvalue weighted by molar-refractivity contribution is -0.126. The van der Waals surface area contributed by atoms with E-state index in [1.807, 2.05) is 20.8 Å². The minimum atomic E-state index is -0.499. The number of hydrogen-bond donors (Lipinski definition) is 1. The van der Waals surface area contributed by atoms with E-state index in [1.165, 1.54) is 27.7 Å². The topological polar surface area (TPSA) is 66.8 Å². The highest BCUT2D eigenvalue weighted by molar-refractivity contribution is 5.86. The molecule has 0 aliphatic carbocycles. The van der Waals surface area contributed by atoms with Crippen molar-refractivity contribution in [1.29, 1.82) is 0 Å². The molecular weight excluding hydrogens is 416 g/mol. The molecule has 1 N–H and O–H groups in total. The van der Waals surface area contributed by atoms with Gasteiger partial charge < -0.3 is 24.4 Å². The summed E-state index contributed by atoms with van der Waals surface area (Å²) in [6.45, 7) is 12.3. The molecule has 1 aromatic carbocycles. The molecule has 1 fully saturated rings. The Balaban J connectivity index is 1.34.